The molecule has 0 saturated carbocycles. The van der Waals surface area contributed by atoms with Crippen LogP contribution in [0.25, 0.3) is 0 Å². The van der Waals surface area contributed by atoms with Crippen molar-refractivity contribution in [1.29, 1.82) is 0 Å². The molecule has 0 aliphatic carbocycles. The summed E-state index contributed by atoms with van der Waals surface area (Å²) in [6.07, 6.45) is 0.465. The maximum Gasteiger partial charge on any atom is 0.254 e. The van der Waals surface area contributed by atoms with Gasteiger partial charge in [0.25, 0.3) is 5.91 Å². The monoisotopic (exact) mass is 213 g/mol. The second-order valence-corrected chi connectivity index (χ2v) is 4.58. The van der Waals surface area contributed by atoms with Gasteiger partial charge < -0.3 is 9.64 Å². The van der Waals surface area contributed by atoms with Gasteiger partial charge in [0.05, 0.1) is 0 Å². The maximum atomic E-state index is 12.0. The molecule has 1 atom stereocenters. The minimum Gasteiger partial charge on any atom is -0.369 e. The van der Waals surface area contributed by atoms with Crippen molar-refractivity contribution in [2.45, 2.75) is 32.8 Å². The molecule has 86 valence electrons. The fraction of sp³-hybridized carbons (Fsp3) is 0.818. The van der Waals surface area contributed by atoms with Crippen LogP contribution in [0.2, 0.25) is 0 Å². The summed E-state index contributed by atoms with van der Waals surface area (Å²) in [5.74, 6) is 0.161. The number of hydrogen-bond donors (Lipinski definition) is 0. The Morgan fingerprint density at radius 2 is 2.13 bits per heavy atom. The molecule has 0 aromatic heterocycles. The van der Waals surface area contributed by atoms with E-state index in [2.05, 4.69) is 0 Å². The van der Waals surface area contributed by atoms with Crippen LogP contribution in [-0.4, -0.2) is 42.4 Å². The lowest BCUT2D eigenvalue weighted by Gasteiger charge is -2.35. The Hall–Kier alpha value is -0.900. The maximum absolute atomic E-state index is 12.0. The van der Waals surface area contributed by atoms with Crippen molar-refractivity contribution in [3.8, 4) is 0 Å². The highest BCUT2D eigenvalue weighted by Crippen LogP contribution is 2.18. The highest BCUT2D eigenvalue weighted by atomic mass is 16.5. The van der Waals surface area contributed by atoms with Crippen molar-refractivity contribution in [1.82, 2.24) is 4.90 Å². The second-order valence-electron chi connectivity index (χ2n) is 4.58. The van der Waals surface area contributed by atoms with E-state index in [-0.39, 0.29) is 17.6 Å². The number of Topliss-reactive ketones (excluding diaryl/α,β-unsaturated/α-hetero) is 1. The van der Waals surface area contributed by atoms with Crippen LogP contribution in [0.5, 0.6) is 0 Å². The van der Waals surface area contributed by atoms with Gasteiger partial charge in [-0.1, -0.05) is 6.92 Å². The van der Waals surface area contributed by atoms with Gasteiger partial charge in [-0.2, -0.15) is 0 Å². The summed E-state index contributed by atoms with van der Waals surface area (Å²) in [6.45, 7) is 6.40. The van der Waals surface area contributed by atoms with Crippen LogP contribution in [0.15, 0.2) is 0 Å². The standard InChI is InChI=1S/C11H19NO3/c1-8-7-12(6-5-9(8)13)10(14)11(2,3)15-4/h8H,5-7H2,1-4H3. The zero-order valence-electron chi connectivity index (χ0n) is 9.87. The van der Waals surface area contributed by atoms with Gasteiger partial charge >= 0.3 is 0 Å². The van der Waals surface area contributed by atoms with Crippen molar-refractivity contribution >= 4 is 11.7 Å². The van der Waals surface area contributed by atoms with Crippen molar-refractivity contribution in [3.63, 3.8) is 0 Å². The summed E-state index contributed by atoms with van der Waals surface area (Å²) in [5.41, 5.74) is -0.792. The molecule has 1 aliphatic heterocycles. The van der Waals surface area contributed by atoms with Crippen LogP contribution >= 0.6 is 0 Å². The average Bonchev–Trinajstić information content (AvgIpc) is 2.21. The number of methoxy groups -OCH3 is 1. The number of amides is 1. The Morgan fingerprint density at radius 3 is 2.60 bits per heavy atom. The molecule has 0 aromatic carbocycles. The Kier molecular flexibility index (Phi) is 3.50. The summed E-state index contributed by atoms with van der Waals surface area (Å²) in [6, 6.07) is 0. The molecule has 1 fully saturated rings. The lowest BCUT2D eigenvalue weighted by atomic mass is 9.96. The molecule has 4 heteroatoms. The number of carbonyl (C=O) groups is 2. The number of nitrogens with zero attached hydrogens (tertiary/aromatic N) is 1. The smallest absolute Gasteiger partial charge is 0.254 e. The molecule has 0 aromatic rings. The molecular formula is C11H19NO3. The minimum absolute atomic E-state index is 0.0376. The molecule has 1 aliphatic rings. The van der Waals surface area contributed by atoms with Crippen LogP contribution < -0.4 is 0 Å². The van der Waals surface area contributed by atoms with E-state index in [1.165, 1.54) is 7.11 Å². The van der Waals surface area contributed by atoms with E-state index in [0.29, 0.717) is 19.5 Å². The summed E-state index contributed by atoms with van der Waals surface area (Å²) in [5, 5.41) is 0. The Labute approximate surface area is 90.6 Å². The minimum atomic E-state index is -0.792. The highest BCUT2D eigenvalue weighted by Gasteiger charge is 2.35. The van der Waals surface area contributed by atoms with E-state index >= 15 is 0 Å². The van der Waals surface area contributed by atoms with E-state index in [1.807, 2.05) is 6.92 Å². The summed E-state index contributed by atoms with van der Waals surface area (Å²) >= 11 is 0. The Morgan fingerprint density at radius 1 is 1.53 bits per heavy atom. The molecule has 1 saturated heterocycles. The summed E-state index contributed by atoms with van der Waals surface area (Å²) in [7, 11) is 1.52. The predicted molar refractivity (Wildman–Crippen MR) is 56.5 cm³/mol. The largest absolute Gasteiger partial charge is 0.369 e. The van der Waals surface area contributed by atoms with E-state index in [0.717, 1.165) is 0 Å². The zero-order valence-corrected chi connectivity index (χ0v) is 9.87. The van der Waals surface area contributed by atoms with Gasteiger partial charge in [0.2, 0.25) is 0 Å². The number of ketones is 1. The van der Waals surface area contributed by atoms with Crippen LogP contribution in [0.4, 0.5) is 0 Å². The van der Waals surface area contributed by atoms with Crippen LogP contribution in [0, 0.1) is 5.92 Å². The highest BCUT2D eigenvalue weighted by molar-refractivity contribution is 5.88. The molecule has 4 nitrogen and oxygen atoms in total. The van der Waals surface area contributed by atoms with Gasteiger partial charge in [-0.15, -0.1) is 0 Å². The molecule has 0 N–H and O–H groups in total. The quantitative estimate of drug-likeness (QED) is 0.683. The van der Waals surface area contributed by atoms with Crippen LogP contribution in [0.1, 0.15) is 27.2 Å². The van der Waals surface area contributed by atoms with Gasteiger partial charge in [-0.3, -0.25) is 9.59 Å². The van der Waals surface area contributed by atoms with E-state index in [4.69, 9.17) is 4.74 Å². The molecular weight excluding hydrogens is 194 g/mol. The lowest BCUT2D eigenvalue weighted by Crippen LogP contribution is -2.51. The number of hydrogen-bond acceptors (Lipinski definition) is 3. The number of carbonyl (C=O) groups excluding carboxylic acids is 2. The predicted octanol–water partition coefficient (Wildman–Crippen LogP) is 0.849. The molecule has 0 radical (unpaired) electrons. The summed E-state index contributed by atoms with van der Waals surface area (Å²) in [4.78, 5) is 25.0. The van der Waals surface area contributed by atoms with E-state index in [9.17, 15) is 9.59 Å². The second kappa shape index (κ2) is 4.31. The SMILES string of the molecule is COC(C)(C)C(=O)N1CCC(=O)C(C)C1. The third kappa shape index (κ3) is 2.56. The van der Waals surface area contributed by atoms with Gasteiger partial charge in [0, 0.05) is 32.5 Å². The van der Waals surface area contributed by atoms with Gasteiger partial charge in [0.15, 0.2) is 0 Å². The third-order valence-electron chi connectivity index (χ3n) is 2.98. The number of piperidine rings is 1. The zero-order chi connectivity index (χ0) is 11.6. The summed E-state index contributed by atoms with van der Waals surface area (Å²) < 4.78 is 5.14. The van der Waals surface area contributed by atoms with Gasteiger partial charge in [-0.25, -0.2) is 0 Å². The fourth-order valence-corrected chi connectivity index (χ4v) is 1.67. The molecule has 15 heavy (non-hydrogen) atoms. The average molecular weight is 213 g/mol. The van der Waals surface area contributed by atoms with Crippen molar-refractivity contribution < 1.29 is 14.3 Å². The van der Waals surface area contributed by atoms with Gasteiger partial charge in [-0.05, 0) is 13.8 Å². The normalized spacial score (nSPS) is 23.1. The Bertz CT molecular complexity index is 273. The first-order valence-electron chi connectivity index (χ1n) is 5.25. The van der Waals surface area contributed by atoms with Crippen molar-refractivity contribution in [3.05, 3.63) is 0 Å². The van der Waals surface area contributed by atoms with E-state index < -0.39 is 5.60 Å². The first-order valence-corrected chi connectivity index (χ1v) is 5.25. The number of rotatable bonds is 2. The van der Waals surface area contributed by atoms with E-state index in [1.54, 1.807) is 18.7 Å². The molecule has 0 bridgehead atoms. The van der Waals surface area contributed by atoms with Crippen LogP contribution in [0.3, 0.4) is 0 Å². The first-order chi connectivity index (χ1) is 6.88. The first kappa shape index (κ1) is 12.2. The number of likely N-dealkylation sites (tertiary alicyclic amines) is 1. The Balaban J connectivity index is 2.66. The van der Waals surface area contributed by atoms with Crippen LogP contribution in [-0.2, 0) is 14.3 Å². The van der Waals surface area contributed by atoms with Crippen molar-refractivity contribution in [2.75, 3.05) is 20.2 Å². The fourth-order valence-electron chi connectivity index (χ4n) is 1.67. The topological polar surface area (TPSA) is 46.6 Å². The molecule has 1 amide bonds. The molecule has 1 heterocycles. The van der Waals surface area contributed by atoms with Gasteiger partial charge in [0.1, 0.15) is 11.4 Å². The molecule has 1 unspecified atom stereocenters. The lowest BCUT2D eigenvalue weighted by molar-refractivity contribution is -0.154. The van der Waals surface area contributed by atoms with Crippen molar-refractivity contribution in [2.24, 2.45) is 5.92 Å². The number of ether oxygens (including phenoxy) is 1. The third-order valence-corrected chi connectivity index (χ3v) is 2.98. The molecule has 1 rings (SSSR count). The molecule has 0 spiro atoms.